The number of carboxylic acid groups (broad SMARTS) is 1. The molecule has 0 aromatic heterocycles. The van der Waals surface area contributed by atoms with Crippen LogP contribution in [0.25, 0.3) is 0 Å². The van der Waals surface area contributed by atoms with E-state index in [1.165, 1.54) is 6.07 Å². The van der Waals surface area contributed by atoms with Crippen LogP contribution in [0.15, 0.2) is 18.2 Å². The Bertz CT molecular complexity index is 323. The van der Waals surface area contributed by atoms with Crippen molar-refractivity contribution in [1.29, 1.82) is 0 Å². The van der Waals surface area contributed by atoms with Crippen molar-refractivity contribution in [3.05, 3.63) is 29.3 Å². The number of carboxylic acids is 1. The molecule has 0 bridgehead atoms. The second kappa shape index (κ2) is 3.91. The highest BCUT2D eigenvalue weighted by atomic mass is 16.4. The van der Waals surface area contributed by atoms with Crippen molar-refractivity contribution in [2.24, 2.45) is 5.73 Å². The van der Waals surface area contributed by atoms with Gasteiger partial charge in [0.15, 0.2) is 0 Å². The lowest BCUT2D eigenvalue weighted by Crippen LogP contribution is -2.02. The van der Waals surface area contributed by atoms with Gasteiger partial charge in [-0.25, -0.2) is 0 Å². The van der Waals surface area contributed by atoms with Crippen molar-refractivity contribution in [2.75, 3.05) is 0 Å². The summed E-state index contributed by atoms with van der Waals surface area (Å²) in [6.07, 6.45) is -0.0483. The number of rotatable bonds is 3. The summed E-state index contributed by atoms with van der Waals surface area (Å²) in [7, 11) is 0. The van der Waals surface area contributed by atoms with Gasteiger partial charge in [-0.15, -0.1) is 0 Å². The van der Waals surface area contributed by atoms with Gasteiger partial charge in [-0.3, -0.25) is 4.79 Å². The van der Waals surface area contributed by atoms with Gasteiger partial charge < -0.3 is 15.9 Å². The molecule has 4 nitrogen and oxygen atoms in total. The van der Waals surface area contributed by atoms with Crippen LogP contribution in [0, 0.1) is 0 Å². The molecular formula is C9H11NO3. The lowest BCUT2D eigenvalue weighted by atomic mass is 10.1. The average molecular weight is 181 g/mol. The summed E-state index contributed by atoms with van der Waals surface area (Å²) in [4.78, 5) is 10.4. The molecule has 0 heterocycles. The number of phenols is 1. The van der Waals surface area contributed by atoms with Gasteiger partial charge in [0.05, 0.1) is 6.42 Å². The van der Waals surface area contributed by atoms with E-state index in [1.807, 2.05) is 0 Å². The third kappa shape index (κ3) is 2.45. The summed E-state index contributed by atoms with van der Waals surface area (Å²) in [5, 5.41) is 17.7. The van der Waals surface area contributed by atoms with Gasteiger partial charge in [0, 0.05) is 12.1 Å². The fraction of sp³-hybridized carbons (Fsp3) is 0.222. The summed E-state index contributed by atoms with van der Waals surface area (Å²) in [6.45, 7) is 0.208. The molecule has 0 aliphatic heterocycles. The molecule has 0 aliphatic carbocycles. The third-order valence-electron chi connectivity index (χ3n) is 1.72. The van der Waals surface area contributed by atoms with E-state index in [0.29, 0.717) is 11.1 Å². The Labute approximate surface area is 75.6 Å². The number of aromatic hydroxyl groups is 1. The smallest absolute Gasteiger partial charge is 0.307 e. The highest BCUT2D eigenvalue weighted by Gasteiger charge is 2.04. The van der Waals surface area contributed by atoms with E-state index in [1.54, 1.807) is 12.1 Å². The lowest BCUT2D eigenvalue weighted by molar-refractivity contribution is -0.136. The maximum Gasteiger partial charge on any atom is 0.307 e. The molecule has 1 aromatic rings. The molecule has 1 aromatic carbocycles. The Morgan fingerprint density at radius 1 is 1.46 bits per heavy atom. The van der Waals surface area contributed by atoms with Crippen molar-refractivity contribution in [3.63, 3.8) is 0 Å². The molecule has 13 heavy (non-hydrogen) atoms. The Morgan fingerprint density at radius 2 is 2.15 bits per heavy atom. The normalized spacial score (nSPS) is 9.92. The molecule has 0 amide bonds. The monoisotopic (exact) mass is 181 g/mol. The van der Waals surface area contributed by atoms with E-state index < -0.39 is 5.97 Å². The second-order valence-corrected chi connectivity index (χ2v) is 2.74. The zero-order valence-electron chi connectivity index (χ0n) is 7.03. The summed E-state index contributed by atoms with van der Waals surface area (Å²) < 4.78 is 0. The van der Waals surface area contributed by atoms with Crippen molar-refractivity contribution < 1.29 is 15.0 Å². The van der Waals surface area contributed by atoms with Crippen molar-refractivity contribution in [2.45, 2.75) is 13.0 Å². The van der Waals surface area contributed by atoms with Crippen LogP contribution >= 0.6 is 0 Å². The molecule has 0 saturated heterocycles. The summed E-state index contributed by atoms with van der Waals surface area (Å²) in [5.41, 5.74) is 6.56. The summed E-state index contributed by atoms with van der Waals surface area (Å²) >= 11 is 0. The molecule has 4 heteroatoms. The van der Waals surface area contributed by atoms with E-state index >= 15 is 0 Å². The first-order chi connectivity index (χ1) is 6.13. The Hall–Kier alpha value is -1.55. The van der Waals surface area contributed by atoms with E-state index in [9.17, 15) is 9.90 Å². The van der Waals surface area contributed by atoms with Gasteiger partial charge in [-0.1, -0.05) is 12.1 Å². The number of hydrogen-bond donors (Lipinski definition) is 3. The molecule has 0 atom stereocenters. The highest BCUT2D eigenvalue weighted by Crippen LogP contribution is 2.17. The minimum Gasteiger partial charge on any atom is -0.508 e. The highest BCUT2D eigenvalue weighted by molar-refractivity contribution is 5.70. The quantitative estimate of drug-likeness (QED) is 0.633. The molecule has 1 rings (SSSR count). The topological polar surface area (TPSA) is 83.6 Å². The van der Waals surface area contributed by atoms with Crippen LogP contribution in [0.5, 0.6) is 5.75 Å². The van der Waals surface area contributed by atoms with Crippen molar-refractivity contribution >= 4 is 5.97 Å². The predicted octanol–water partition coefficient (Wildman–Crippen LogP) is 0.478. The lowest BCUT2D eigenvalue weighted by Gasteiger charge is -2.03. The Kier molecular flexibility index (Phi) is 2.87. The fourth-order valence-corrected chi connectivity index (χ4v) is 1.09. The number of carbonyl (C=O) groups is 1. The molecule has 0 radical (unpaired) electrons. The van der Waals surface area contributed by atoms with Crippen molar-refractivity contribution in [1.82, 2.24) is 0 Å². The van der Waals surface area contributed by atoms with Gasteiger partial charge in [0.1, 0.15) is 5.75 Å². The summed E-state index contributed by atoms with van der Waals surface area (Å²) in [5.74, 6) is -0.787. The Balaban J connectivity index is 2.92. The van der Waals surface area contributed by atoms with E-state index in [-0.39, 0.29) is 18.7 Å². The zero-order valence-corrected chi connectivity index (χ0v) is 7.03. The standard InChI is InChI=1S/C9H11NO3/c10-5-7-3-6(4-9(12)13)1-2-8(7)11/h1-3,11H,4-5,10H2,(H,12,13). The van der Waals surface area contributed by atoms with Crippen LogP contribution in [-0.4, -0.2) is 16.2 Å². The molecule has 4 N–H and O–H groups in total. The van der Waals surface area contributed by atoms with Crippen LogP contribution in [0.1, 0.15) is 11.1 Å². The van der Waals surface area contributed by atoms with E-state index in [2.05, 4.69) is 0 Å². The zero-order chi connectivity index (χ0) is 9.84. The number of nitrogens with two attached hydrogens (primary N) is 1. The fourth-order valence-electron chi connectivity index (χ4n) is 1.09. The van der Waals surface area contributed by atoms with Crippen LogP contribution in [0.3, 0.4) is 0 Å². The minimum atomic E-state index is -0.895. The van der Waals surface area contributed by atoms with Gasteiger partial charge in [-0.2, -0.15) is 0 Å². The van der Waals surface area contributed by atoms with E-state index in [0.717, 1.165) is 0 Å². The van der Waals surface area contributed by atoms with Gasteiger partial charge in [0.2, 0.25) is 0 Å². The van der Waals surface area contributed by atoms with Crippen LogP contribution in [0.2, 0.25) is 0 Å². The third-order valence-corrected chi connectivity index (χ3v) is 1.72. The van der Waals surface area contributed by atoms with Crippen LogP contribution in [-0.2, 0) is 17.8 Å². The minimum absolute atomic E-state index is 0.0483. The number of phenolic OH excluding ortho intramolecular Hbond substituents is 1. The van der Waals surface area contributed by atoms with Crippen molar-refractivity contribution in [3.8, 4) is 5.75 Å². The Morgan fingerprint density at radius 3 is 2.69 bits per heavy atom. The SMILES string of the molecule is NCc1cc(CC(=O)O)ccc1O. The molecule has 0 aliphatic rings. The van der Waals surface area contributed by atoms with Gasteiger partial charge >= 0.3 is 5.97 Å². The average Bonchev–Trinajstić information content (AvgIpc) is 2.07. The molecule has 0 fully saturated rings. The van der Waals surface area contributed by atoms with Gasteiger partial charge in [-0.05, 0) is 11.6 Å². The number of hydrogen-bond acceptors (Lipinski definition) is 3. The number of aliphatic carboxylic acids is 1. The molecule has 0 spiro atoms. The first-order valence-electron chi connectivity index (χ1n) is 3.86. The van der Waals surface area contributed by atoms with Crippen LogP contribution < -0.4 is 5.73 Å². The maximum absolute atomic E-state index is 10.4. The second-order valence-electron chi connectivity index (χ2n) is 2.74. The largest absolute Gasteiger partial charge is 0.508 e. The molecular weight excluding hydrogens is 170 g/mol. The first kappa shape index (κ1) is 9.54. The number of benzene rings is 1. The van der Waals surface area contributed by atoms with E-state index in [4.69, 9.17) is 10.8 Å². The van der Waals surface area contributed by atoms with Gasteiger partial charge in [0.25, 0.3) is 0 Å². The maximum atomic E-state index is 10.4. The molecule has 70 valence electrons. The van der Waals surface area contributed by atoms with Crippen LogP contribution in [0.4, 0.5) is 0 Å². The first-order valence-corrected chi connectivity index (χ1v) is 3.86. The molecule has 0 saturated carbocycles. The molecule has 0 unspecified atom stereocenters. The summed E-state index contributed by atoms with van der Waals surface area (Å²) in [6, 6.07) is 4.63. The predicted molar refractivity (Wildman–Crippen MR) is 47.3 cm³/mol.